The topological polar surface area (TPSA) is 67.8 Å². The third-order valence-corrected chi connectivity index (χ3v) is 4.86. The highest BCUT2D eigenvalue weighted by Gasteiger charge is 2.34. The zero-order chi connectivity index (χ0) is 16.8. The van der Waals surface area contributed by atoms with Crippen molar-refractivity contribution in [2.24, 2.45) is 5.41 Å². The molecule has 1 aromatic rings. The number of aliphatic carboxylic acids is 1. The molecule has 0 aromatic heterocycles. The Hall–Kier alpha value is -1.27. The summed E-state index contributed by atoms with van der Waals surface area (Å²) in [4.78, 5) is 11.5. The molecule has 0 fully saturated rings. The first-order chi connectivity index (χ1) is 10.4. The normalized spacial score (nSPS) is 11.3. The molecule has 0 bridgehead atoms. The summed E-state index contributed by atoms with van der Waals surface area (Å²) in [5.74, 6) is 0.646. The molecule has 0 heterocycles. The van der Waals surface area contributed by atoms with Gasteiger partial charge in [-0.3, -0.25) is 4.79 Å². The Morgan fingerprint density at radius 3 is 2.36 bits per heavy atom. The van der Waals surface area contributed by atoms with Crippen LogP contribution < -0.4 is 14.8 Å². The van der Waals surface area contributed by atoms with Crippen molar-refractivity contribution >= 4 is 21.9 Å². The summed E-state index contributed by atoms with van der Waals surface area (Å²) in [6.45, 7) is 4.74. The van der Waals surface area contributed by atoms with Gasteiger partial charge in [-0.25, -0.2) is 0 Å². The molecule has 0 radical (unpaired) electrons. The van der Waals surface area contributed by atoms with E-state index in [1.807, 2.05) is 26.0 Å². The van der Waals surface area contributed by atoms with Crippen molar-refractivity contribution in [2.45, 2.75) is 33.2 Å². The van der Waals surface area contributed by atoms with Gasteiger partial charge in [-0.2, -0.15) is 0 Å². The highest BCUT2D eigenvalue weighted by atomic mass is 79.9. The van der Waals surface area contributed by atoms with Crippen LogP contribution in [0.5, 0.6) is 11.5 Å². The molecule has 0 saturated carbocycles. The summed E-state index contributed by atoms with van der Waals surface area (Å²) < 4.78 is 11.5. The van der Waals surface area contributed by atoms with Crippen LogP contribution in [0.3, 0.4) is 0 Å². The molecule has 0 aliphatic rings. The van der Waals surface area contributed by atoms with E-state index in [2.05, 4.69) is 21.2 Å². The van der Waals surface area contributed by atoms with Gasteiger partial charge in [0.2, 0.25) is 0 Å². The predicted molar refractivity (Wildman–Crippen MR) is 89.6 cm³/mol. The van der Waals surface area contributed by atoms with Crippen LogP contribution in [-0.4, -0.2) is 31.8 Å². The molecule has 1 aromatic carbocycles. The first kappa shape index (κ1) is 18.8. The third-order valence-electron chi connectivity index (χ3n) is 4.16. The molecular formula is C16H24BrNO4. The molecule has 124 valence electrons. The minimum Gasteiger partial charge on any atom is -0.497 e. The second-order valence-electron chi connectivity index (χ2n) is 5.19. The Balaban J connectivity index is 2.86. The van der Waals surface area contributed by atoms with Gasteiger partial charge >= 0.3 is 5.97 Å². The highest BCUT2D eigenvalue weighted by molar-refractivity contribution is 9.10. The van der Waals surface area contributed by atoms with Gasteiger partial charge in [-0.15, -0.1) is 0 Å². The SMILES string of the molecule is CCC(CC)(CNCc1c(Br)cc(OC)cc1OC)C(=O)O. The van der Waals surface area contributed by atoms with E-state index < -0.39 is 11.4 Å². The fourth-order valence-corrected chi connectivity index (χ4v) is 2.93. The standard InChI is InChI=1S/C16H24BrNO4/c1-5-16(6-2,15(19)20)10-18-9-12-13(17)7-11(21-3)8-14(12)22-4/h7-8,18H,5-6,9-10H2,1-4H3,(H,19,20). The number of halogens is 1. The largest absolute Gasteiger partial charge is 0.497 e. The molecule has 0 atom stereocenters. The number of ether oxygens (including phenoxy) is 2. The van der Waals surface area contributed by atoms with Gasteiger partial charge < -0.3 is 19.9 Å². The van der Waals surface area contributed by atoms with Crippen LogP contribution in [0.2, 0.25) is 0 Å². The molecule has 0 aliphatic heterocycles. The summed E-state index contributed by atoms with van der Waals surface area (Å²) in [7, 11) is 3.20. The maximum absolute atomic E-state index is 11.5. The maximum atomic E-state index is 11.5. The van der Waals surface area contributed by atoms with Gasteiger partial charge in [0.25, 0.3) is 0 Å². The zero-order valence-corrected chi connectivity index (χ0v) is 15.1. The quantitative estimate of drug-likeness (QED) is 0.693. The van der Waals surface area contributed by atoms with Crippen LogP contribution in [0.25, 0.3) is 0 Å². The Morgan fingerprint density at radius 2 is 1.91 bits per heavy atom. The molecule has 5 nitrogen and oxygen atoms in total. The molecule has 0 spiro atoms. The fraction of sp³-hybridized carbons (Fsp3) is 0.562. The smallest absolute Gasteiger partial charge is 0.310 e. The molecule has 0 amide bonds. The molecular weight excluding hydrogens is 350 g/mol. The fourth-order valence-electron chi connectivity index (χ4n) is 2.36. The highest BCUT2D eigenvalue weighted by Crippen LogP contribution is 2.33. The summed E-state index contributed by atoms with van der Waals surface area (Å²) >= 11 is 3.51. The number of benzene rings is 1. The van der Waals surface area contributed by atoms with E-state index in [-0.39, 0.29) is 0 Å². The lowest BCUT2D eigenvalue weighted by Gasteiger charge is -2.27. The van der Waals surface area contributed by atoms with Crippen molar-refractivity contribution in [1.82, 2.24) is 5.32 Å². The summed E-state index contributed by atoms with van der Waals surface area (Å²) in [6.07, 6.45) is 1.18. The van der Waals surface area contributed by atoms with Crippen LogP contribution >= 0.6 is 15.9 Å². The van der Waals surface area contributed by atoms with Crippen LogP contribution in [0.1, 0.15) is 32.3 Å². The molecule has 22 heavy (non-hydrogen) atoms. The van der Waals surface area contributed by atoms with Crippen LogP contribution in [-0.2, 0) is 11.3 Å². The lowest BCUT2D eigenvalue weighted by molar-refractivity contribution is -0.149. The van der Waals surface area contributed by atoms with E-state index in [4.69, 9.17) is 9.47 Å². The number of nitrogens with one attached hydrogen (secondary N) is 1. The number of carbonyl (C=O) groups is 1. The van der Waals surface area contributed by atoms with Gasteiger partial charge in [0.05, 0.1) is 19.6 Å². The van der Waals surface area contributed by atoms with E-state index in [9.17, 15) is 9.90 Å². The number of carboxylic acid groups (broad SMARTS) is 1. The van der Waals surface area contributed by atoms with E-state index in [1.54, 1.807) is 14.2 Å². The van der Waals surface area contributed by atoms with E-state index in [1.165, 1.54) is 0 Å². The molecule has 0 unspecified atom stereocenters. The van der Waals surface area contributed by atoms with Crippen molar-refractivity contribution < 1.29 is 19.4 Å². The number of rotatable bonds is 9. The second kappa shape index (κ2) is 8.39. The number of hydrogen-bond acceptors (Lipinski definition) is 4. The van der Waals surface area contributed by atoms with E-state index >= 15 is 0 Å². The Kier molecular flexibility index (Phi) is 7.16. The number of carboxylic acids is 1. The summed E-state index contributed by atoms with van der Waals surface area (Å²) in [5, 5.41) is 12.7. The predicted octanol–water partition coefficient (Wildman–Crippen LogP) is 3.45. The average molecular weight is 374 g/mol. The summed E-state index contributed by atoms with van der Waals surface area (Å²) in [5.41, 5.74) is 0.210. The molecule has 1 rings (SSSR count). The van der Waals surface area contributed by atoms with Crippen molar-refractivity contribution in [1.29, 1.82) is 0 Å². The molecule has 0 aliphatic carbocycles. The minimum atomic E-state index is -0.759. The van der Waals surface area contributed by atoms with E-state index in [0.29, 0.717) is 37.4 Å². The van der Waals surface area contributed by atoms with Gasteiger partial charge in [0.15, 0.2) is 0 Å². The van der Waals surface area contributed by atoms with Gasteiger partial charge in [0, 0.05) is 29.2 Å². The lowest BCUT2D eigenvalue weighted by atomic mass is 9.82. The first-order valence-corrected chi connectivity index (χ1v) is 8.07. The Bertz CT molecular complexity index is 515. The molecule has 2 N–H and O–H groups in total. The van der Waals surface area contributed by atoms with Crippen molar-refractivity contribution in [3.63, 3.8) is 0 Å². The van der Waals surface area contributed by atoms with Crippen molar-refractivity contribution in [2.75, 3.05) is 20.8 Å². The molecule has 0 saturated heterocycles. The van der Waals surface area contributed by atoms with Crippen LogP contribution in [0, 0.1) is 5.41 Å². The Morgan fingerprint density at radius 1 is 1.27 bits per heavy atom. The Labute approximate surface area is 140 Å². The van der Waals surface area contributed by atoms with Gasteiger partial charge in [-0.1, -0.05) is 29.8 Å². The zero-order valence-electron chi connectivity index (χ0n) is 13.5. The van der Waals surface area contributed by atoms with Crippen LogP contribution in [0.15, 0.2) is 16.6 Å². The first-order valence-electron chi connectivity index (χ1n) is 7.28. The third kappa shape index (κ3) is 4.14. The van der Waals surface area contributed by atoms with Gasteiger partial charge in [0.1, 0.15) is 11.5 Å². The maximum Gasteiger partial charge on any atom is 0.310 e. The van der Waals surface area contributed by atoms with Crippen molar-refractivity contribution in [3.8, 4) is 11.5 Å². The number of methoxy groups -OCH3 is 2. The lowest BCUT2D eigenvalue weighted by Crippen LogP contribution is -2.40. The molecule has 6 heteroatoms. The van der Waals surface area contributed by atoms with E-state index in [0.717, 1.165) is 10.0 Å². The van der Waals surface area contributed by atoms with Crippen molar-refractivity contribution in [3.05, 3.63) is 22.2 Å². The monoisotopic (exact) mass is 373 g/mol. The average Bonchev–Trinajstić information content (AvgIpc) is 2.52. The van der Waals surface area contributed by atoms with Crippen LogP contribution in [0.4, 0.5) is 0 Å². The van der Waals surface area contributed by atoms with Gasteiger partial charge in [-0.05, 0) is 18.9 Å². The second-order valence-corrected chi connectivity index (χ2v) is 6.04. The summed E-state index contributed by atoms with van der Waals surface area (Å²) in [6, 6.07) is 3.68. The minimum absolute atomic E-state index is 0.414. The number of hydrogen-bond donors (Lipinski definition) is 2.